The number of halogens is 4. The Balaban J connectivity index is 2.10. The standard InChI is InChI=1S/C14H12ClF3N2OS2/c1-7-6-22-13(19-7)23-8(2)12(21)20-11-5-9(14(16,17)18)3-4-10(11)15/h3-6,8H,1-2H3,(H,20,21)/t8-/m1/s1. The molecule has 0 bridgehead atoms. The van der Waals surface area contributed by atoms with Crippen LogP contribution in [0.3, 0.4) is 0 Å². The molecule has 0 aliphatic rings. The molecule has 3 nitrogen and oxygen atoms in total. The number of nitrogens with one attached hydrogen (secondary N) is 1. The number of hydrogen-bond acceptors (Lipinski definition) is 4. The molecule has 2 aromatic rings. The van der Waals surface area contributed by atoms with Crippen LogP contribution in [0.2, 0.25) is 5.02 Å². The van der Waals surface area contributed by atoms with E-state index in [1.807, 2.05) is 12.3 Å². The molecular formula is C14H12ClF3N2OS2. The van der Waals surface area contributed by atoms with Crippen molar-refractivity contribution < 1.29 is 18.0 Å². The lowest BCUT2D eigenvalue weighted by atomic mass is 10.2. The molecule has 0 unspecified atom stereocenters. The van der Waals surface area contributed by atoms with Crippen LogP contribution in [0.4, 0.5) is 18.9 Å². The van der Waals surface area contributed by atoms with Crippen LogP contribution in [0.5, 0.6) is 0 Å². The SMILES string of the molecule is Cc1csc(S[C@H](C)C(=O)Nc2cc(C(F)(F)F)ccc2Cl)n1. The fourth-order valence-electron chi connectivity index (χ4n) is 1.62. The third-order valence-electron chi connectivity index (χ3n) is 2.80. The van der Waals surface area contributed by atoms with Gasteiger partial charge >= 0.3 is 6.18 Å². The number of anilines is 1. The van der Waals surface area contributed by atoms with E-state index < -0.39 is 22.9 Å². The summed E-state index contributed by atoms with van der Waals surface area (Å²) >= 11 is 8.50. The van der Waals surface area contributed by atoms with Gasteiger partial charge in [-0.15, -0.1) is 11.3 Å². The number of nitrogens with zero attached hydrogens (tertiary/aromatic N) is 1. The monoisotopic (exact) mass is 380 g/mol. The first kappa shape index (κ1) is 18.1. The summed E-state index contributed by atoms with van der Waals surface area (Å²) in [7, 11) is 0. The van der Waals surface area contributed by atoms with Gasteiger partial charge in [0.05, 0.1) is 21.5 Å². The molecule has 1 N–H and O–H groups in total. The van der Waals surface area contributed by atoms with Crippen LogP contribution in [0.1, 0.15) is 18.2 Å². The molecule has 1 aromatic carbocycles. The van der Waals surface area contributed by atoms with Crippen LogP contribution < -0.4 is 5.32 Å². The molecule has 0 radical (unpaired) electrons. The largest absolute Gasteiger partial charge is 0.416 e. The van der Waals surface area contributed by atoms with Gasteiger partial charge in [-0.2, -0.15) is 13.2 Å². The molecule has 0 saturated carbocycles. The Bertz CT molecular complexity index is 718. The minimum atomic E-state index is -4.50. The van der Waals surface area contributed by atoms with Crippen molar-refractivity contribution in [3.05, 3.63) is 39.9 Å². The van der Waals surface area contributed by atoms with Crippen molar-refractivity contribution in [2.45, 2.75) is 29.6 Å². The molecule has 1 amide bonds. The molecule has 1 aromatic heterocycles. The number of alkyl halides is 3. The quantitative estimate of drug-likeness (QED) is 0.737. The Kier molecular flexibility index (Phi) is 5.59. The second-order valence-corrected chi connectivity index (χ2v) is 7.55. The molecule has 0 spiro atoms. The van der Waals surface area contributed by atoms with Crippen molar-refractivity contribution in [1.82, 2.24) is 4.98 Å². The van der Waals surface area contributed by atoms with Gasteiger partial charge < -0.3 is 5.32 Å². The highest BCUT2D eigenvalue weighted by Gasteiger charge is 2.31. The molecule has 0 aliphatic carbocycles. The number of hydrogen-bond donors (Lipinski definition) is 1. The number of benzene rings is 1. The van der Waals surface area contributed by atoms with E-state index in [0.717, 1.165) is 28.2 Å². The van der Waals surface area contributed by atoms with Gasteiger partial charge in [-0.05, 0) is 32.0 Å². The van der Waals surface area contributed by atoms with Gasteiger partial charge in [0.1, 0.15) is 0 Å². The number of aryl methyl sites for hydroxylation is 1. The predicted molar refractivity (Wildman–Crippen MR) is 87.3 cm³/mol. The lowest BCUT2D eigenvalue weighted by molar-refractivity contribution is -0.137. The fraction of sp³-hybridized carbons (Fsp3) is 0.286. The van der Waals surface area contributed by atoms with E-state index >= 15 is 0 Å². The van der Waals surface area contributed by atoms with Crippen molar-refractivity contribution in [3.63, 3.8) is 0 Å². The van der Waals surface area contributed by atoms with Gasteiger partial charge in [0, 0.05) is 11.1 Å². The minimum Gasteiger partial charge on any atom is -0.324 e. The van der Waals surface area contributed by atoms with Crippen molar-refractivity contribution in [1.29, 1.82) is 0 Å². The van der Waals surface area contributed by atoms with Crippen LogP contribution in [-0.2, 0) is 11.0 Å². The van der Waals surface area contributed by atoms with Crippen LogP contribution in [-0.4, -0.2) is 16.1 Å². The molecular weight excluding hydrogens is 369 g/mol. The molecule has 0 aliphatic heterocycles. The summed E-state index contributed by atoms with van der Waals surface area (Å²) in [6.07, 6.45) is -4.50. The normalized spacial score (nSPS) is 13.0. The number of carbonyl (C=O) groups is 1. The smallest absolute Gasteiger partial charge is 0.324 e. The Morgan fingerprint density at radius 1 is 1.43 bits per heavy atom. The fourth-order valence-corrected chi connectivity index (χ4v) is 3.77. The first-order chi connectivity index (χ1) is 10.7. The molecule has 0 saturated heterocycles. The van der Waals surface area contributed by atoms with Crippen LogP contribution >= 0.6 is 34.7 Å². The molecule has 9 heteroatoms. The molecule has 124 valence electrons. The first-order valence-corrected chi connectivity index (χ1v) is 8.57. The summed E-state index contributed by atoms with van der Waals surface area (Å²) in [5.41, 5.74) is -0.0756. The van der Waals surface area contributed by atoms with Crippen molar-refractivity contribution in [2.75, 3.05) is 5.32 Å². The molecule has 0 fully saturated rings. The summed E-state index contributed by atoms with van der Waals surface area (Å²) < 4.78 is 38.9. The molecule has 1 atom stereocenters. The average molecular weight is 381 g/mol. The summed E-state index contributed by atoms with van der Waals surface area (Å²) in [6.45, 7) is 3.49. The third kappa shape index (κ3) is 4.86. The highest BCUT2D eigenvalue weighted by molar-refractivity contribution is 8.02. The maximum Gasteiger partial charge on any atom is 0.416 e. The summed E-state index contributed by atoms with van der Waals surface area (Å²) in [6, 6.07) is 2.81. The number of thiazole rings is 1. The van der Waals surface area contributed by atoms with E-state index in [0.29, 0.717) is 0 Å². The van der Waals surface area contributed by atoms with E-state index in [9.17, 15) is 18.0 Å². The van der Waals surface area contributed by atoms with E-state index in [2.05, 4.69) is 10.3 Å². The Morgan fingerprint density at radius 2 is 2.13 bits per heavy atom. The van der Waals surface area contributed by atoms with Crippen molar-refractivity contribution in [3.8, 4) is 0 Å². The van der Waals surface area contributed by atoms with E-state index in [-0.39, 0.29) is 10.7 Å². The van der Waals surface area contributed by atoms with Gasteiger partial charge in [-0.3, -0.25) is 4.79 Å². The van der Waals surface area contributed by atoms with Gasteiger partial charge in [0.25, 0.3) is 0 Å². The van der Waals surface area contributed by atoms with Gasteiger partial charge in [-0.1, -0.05) is 23.4 Å². The molecule has 1 heterocycles. The lowest BCUT2D eigenvalue weighted by Gasteiger charge is -2.14. The number of thioether (sulfide) groups is 1. The first-order valence-electron chi connectivity index (χ1n) is 6.43. The Labute approximate surface area is 144 Å². The maximum atomic E-state index is 12.7. The maximum absolute atomic E-state index is 12.7. The molecule has 23 heavy (non-hydrogen) atoms. The van der Waals surface area contributed by atoms with E-state index in [4.69, 9.17) is 11.6 Å². The highest BCUT2D eigenvalue weighted by atomic mass is 35.5. The zero-order chi connectivity index (χ0) is 17.2. The van der Waals surface area contributed by atoms with Gasteiger partial charge in [0.15, 0.2) is 4.34 Å². The van der Waals surface area contributed by atoms with Gasteiger partial charge in [-0.25, -0.2) is 4.98 Å². The van der Waals surface area contributed by atoms with Crippen molar-refractivity contribution >= 4 is 46.3 Å². The van der Waals surface area contributed by atoms with Crippen LogP contribution in [0.15, 0.2) is 27.9 Å². The summed E-state index contributed by atoms with van der Waals surface area (Å²) in [4.78, 5) is 16.4. The topological polar surface area (TPSA) is 42.0 Å². The van der Waals surface area contributed by atoms with E-state index in [1.54, 1.807) is 6.92 Å². The Morgan fingerprint density at radius 3 is 2.70 bits per heavy atom. The predicted octanol–water partition coefficient (Wildman–Crippen LogP) is 5.24. The number of amides is 1. The van der Waals surface area contributed by atoms with E-state index in [1.165, 1.54) is 23.1 Å². The van der Waals surface area contributed by atoms with Gasteiger partial charge in [0.2, 0.25) is 5.91 Å². The van der Waals surface area contributed by atoms with Crippen LogP contribution in [0, 0.1) is 6.92 Å². The van der Waals surface area contributed by atoms with Crippen molar-refractivity contribution in [2.24, 2.45) is 0 Å². The molecule has 2 rings (SSSR count). The highest BCUT2D eigenvalue weighted by Crippen LogP contribution is 2.34. The van der Waals surface area contributed by atoms with Crippen LogP contribution in [0.25, 0.3) is 0 Å². The number of carbonyl (C=O) groups excluding carboxylic acids is 1. The number of rotatable bonds is 4. The second kappa shape index (κ2) is 7.11. The Hall–Kier alpha value is -1.25. The minimum absolute atomic E-state index is 0.0497. The zero-order valence-electron chi connectivity index (χ0n) is 12.1. The average Bonchev–Trinajstić information content (AvgIpc) is 2.85. The summed E-state index contributed by atoms with van der Waals surface area (Å²) in [5.74, 6) is -0.441. The second-order valence-electron chi connectivity index (χ2n) is 4.70. The summed E-state index contributed by atoms with van der Waals surface area (Å²) in [5, 5.41) is 3.82. The zero-order valence-corrected chi connectivity index (χ0v) is 14.5. The third-order valence-corrected chi connectivity index (χ3v) is 5.32. The lowest BCUT2D eigenvalue weighted by Crippen LogP contribution is -2.22. The number of aromatic nitrogens is 1.